The highest BCUT2D eigenvalue weighted by Gasteiger charge is 2.20. The highest BCUT2D eigenvalue weighted by molar-refractivity contribution is 5.74. The zero-order valence-electron chi connectivity index (χ0n) is 9.85. The molecule has 0 heterocycles. The van der Waals surface area contributed by atoms with E-state index in [2.05, 4.69) is 31.4 Å². The Labute approximate surface area is 86.6 Å². The fraction of sp³-hybridized carbons (Fsp3) is 0.900. The summed E-state index contributed by atoms with van der Waals surface area (Å²) in [4.78, 5) is 11.2. The largest absolute Gasteiger partial charge is 0.337 e. The van der Waals surface area contributed by atoms with Gasteiger partial charge in [0.2, 0.25) is 0 Å². The number of hydrogen-bond donors (Lipinski definition) is 3. The molecule has 4 heteroatoms. The highest BCUT2D eigenvalue weighted by atomic mass is 16.2. The van der Waals surface area contributed by atoms with Crippen molar-refractivity contribution in [1.82, 2.24) is 10.6 Å². The zero-order chi connectivity index (χ0) is 11.4. The lowest BCUT2D eigenvalue weighted by atomic mass is 9.87. The van der Waals surface area contributed by atoms with E-state index in [1.54, 1.807) is 0 Å². The summed E-state index contributed by atoms with van der Waals surface area (Å²) in [6, 6.07) is -0.0269. The smallest absolute Gasteiger partial charge is 0.315 e. The molecule has 0 aliphatic carbocycles. The highest BCUT2D eigenvalue weighted by Crippen LogP contribution is 2.16. The van der Waals surface area contributed by atoms with E-state index in [1.807, 2.05) is 13.8 Å². The van der Waals surface area contributed by atoms with Gasteiger partial charge in [0.25, 0.3) is 0 Å². The van der Waals surface area contributed by atoms with Crippen LogP contribution in [0.1, 0.15) is 34.6 Å². The quantitative estimate of drug-likeness (QED) is 0.639. The van der Waals surface area contributed by atoms with E-state index < -0.39 is 0 Å². The van der Waals surface area contributed by atoms with Gasteiger partial charge in [0, 0.05) is 18.6 Å². The van der Waals surface area contributed by atoms with Crippen LogP contribution in [0.5, 0.6) is 0 Å². The van der Waals surface area contributed by atoms with Gasteiger partial charge in [0.15, 0.2) is 0 Å². The fourth-order valence-corrected chi connectivity index (χ4v) is 0.822. The maximum absolute atomic E-state index is 11.2. The van der Waals surface area contributed by atoms with Crippen molar-refractivity contribution in [2.75, 3.05) is 6.54 Å². The summed E-state index contributed by atoms with van der Waals surface area (Å²) in [6.45, 7) is 10.5. The lowest BCUT2D eigenvalue weighted by molar-refractivity contribution is 0.233. The summed E-state index contributed by atoms with van der Waals surface area (Å²) in [6.07, 6.45) is 0. The molecule has 0 aromatic rings. The van der Waals surface area contributed by atoms with Gasteiger partial charge >= 0.3 is 6.03 Å². The average Bonchev–Trinajstić information content (AvgIpc) is 1.96. The van der Waals surface area contributed by atoms with Crippen molar-refractivity contribution in [2.24, 2.45) is 11.1 Å². The Kier molecular flexibility index (Phi) is 4.91. The summed E-state index contributed by atoms with van der Waals surface area (Å²) >= 11 is 0. The van der Waals surface area contributed by atoms with Gasteiger partial charge in [-0.1, -0.05) is 20.8 Å². The van der Waals surface area contributed by atoms with Crippen molar-refractivity contribution in [1.29, 1.82) is 0 Å². The number of amides is 2. The Balaban J connectivity index is 3.78. The number of carbonyl (C=O) groups is 1. The topological polar surface area (TPSA) is 67.2 Å². The van der Waals surface area contributed by atoms with Crippen LogP contribution in [0.3, 0.4) is 0 Å². The third-order valence-corrected chi connectivity index (χ3v) is 2.01. The van der Waals surface area contributed by atoms with Gasteiger partial charge in [-0.25, -0.2) is 4.79 Å². The second-order valence-electron chi connectivity index (χ2n) is 4.98. The first kappa shape index (κ1) is 13.2. The van der Waals surface area contributed by atoms with Gasteiger partial charge in [0.05, 0.1) is 0 Å². The predicted octanol–water partition coefficient (Wildman–Crippen LogP) is 1.07. The average molecular weight is 201 g/mol. The summed E-state index contributed by atoms with van der Waals surface area (Å²) in [7, 11) is 0. The molecule has 1 atom stereocenters. The molecule has 0 spiro atoms. The molecule has 0 fully saturated rings. The molecule has 4 nitrogen and oxygen atoms in total. The molecule has 14 heavy (non-hydrogen) atoms. The number of urea groups is 1. The van der Waals surface area contributed by atoms with E-state index >= 15 is 0 Å². The lowest BCUT2D eigenvalue weighted by Crippen LogP contribution is -2.48. The molecule has 0 rings (SSSR count). The third kappa shape index (κ3) is 5.80. The van der Waals surface area contributed by atoms with Crippen molar-refractivity contribution >= 4 is 6.03 Å². The van der Waals surface area contributed by atoms with E-state index in [0.717, 1.165) is 0 Å². The van der Waals surface area contributed by atoms with Crippen LogP contribution in [0.4, 0.5) is 4.79 Å². The Morgan fingerprint density at radius 3 is 2.21 bits per heavy atom. The fourth-order valence-electron chi connectivity index (χ4n) is 0.822. The molecule has 1 unspecified atom stereocenters. The number of hydrogen-bond acceptors (Lipinski definition) is 2. The monoisotopic (exact) mass is 201 g/mol. The Morgan fingerprint density at radius 2 is 1.86 bits per heavy atom. The Bertz CT molecular complexity index is 184. The Morgan fingerprint density at radius 1 is 1.36 bits per heavy atom. The SMILES string of the molecule is CC(C)NC(=O)NCC(N)C(C)(C)C. The first-order valence-corrected chi connectivity index (χ1v) is 5.03. The second-order valence-corrected chi connectivity index (χ2v) is 4.98. The van der Waals surface area contributed by atoms with Crippen molar-refractivity contribution in [3.05, 3.63) is 0 Å². The van der Waals surface area contributed by atoms with Crippen LogP contribution in [-0.2, 0) is 0 Å². The molecule has 4 N–H and O–H groups in total. The number of carbonyl (C=O) groups excluding carboxylic acids is 1. The summed E-state index contributed by atoms with van der Waals surface area (Å²) in [5.41, 5.74) is 5.91. The van der Waals surface area contributed by atoms with Crippen LogP contribution in [0, 0.1) is 5.41 Å². The van der Waals surface area contributed by atoms with Crippen LogP contribution in [0.25, 0.3) is 0 Å². The van der Waals surface area contributed by atoms with Gasteiger partial charge in [-0.2, -0.15) is 0 Å². The first-order valence-electron chi connectivity index (χ1n) is 5.03. The predicted molar refractivity (Wildman–Crippen MR) is 59.1 cm³/mol. The van der Waals surface area contributed by atoms with Crippen molar-refractivity contribution < 1.29 is 4.79 Å². The Hall–Kier alpha value is -0.770. The van der Waals surface area contributed by atoms with Crippen molar-refractivity contribution in [3.63, 3.8) is 0 Å². The van der Waals surface area contributed by atoms with Gasteiger partial charge in [-0.15, -0.1) is 0 Å². The maximum Gasteiger partial charge on any atom is 0.315 e. The molecule has 84 valence electrons. The van der Waals surface area contributed by atoms with Crippen LogP contribution in [0.15, 0.2) is 0 Å². The van der Waals surface area contributed by atoms with E-state index in [9.17, 15) is 4.79 Å². The molecule has 0 aromatic carbocycles. The van der Waals surface area contributed by atoms with Crippen LogP contribution in [-0.4, -0.2) is 24.7 Å². The molecule has 0 saturated carbocycles. The molecule has 0 saturated heterocycles. The minimum atomic E-state index is -0.153. The van der Waals surface area contributed by atoms with Crippen molar-refractivity contribution in [3.8, 4) is 0 Å². The van der Waals surface area contributed by atoms with Gasteiger partial charge in [-0.3, -0.25) is 0 Å². The minimum absolute atomic E-state index is 0.0190. The van der Waals surface area contributed by atoms with Crippen LogP contribution < -0.4 is 16.4 Å². The molecular weight excluding hydrogens is 178 g/mol. The summed E-state index contributed by atoms with van der Waals surface area (Å²) < 4.78 is 0. The van der Waals surface area contributed by atoms with Crippen LogP contribution >= 0.6 is 0 Å². The number of nitrogens with one attached hydrogen (secondary N) is 2. The molecule has 0 aromatic heterocycles. The first-order chi connectivity index (χ1) is 6.23. The molecule has 0 radical (unpaired) electrons. The molecule has 0 bridgehead atoms. The molecular formula is C10H23N3O. The standard InChI is InChI=1S/C10H23N3O/c1-7(2)13-9(14)12-6-8(11)10(3,4)5/h7-8H,6,11H2,1-5H3,(H2,12,13,14). The summed E-state index contributed by atoms with van der Waals surface area (Å²) in [5.74, 6) is 0. The molecule has 0 aliphatic heterocycles. The van der Waals surface area contributed by atoms with Crippen molar-refractivity contribution in [2.45, 2.75) is 46.7 Å². The maximum atomic E-state index is 11.2. The number of nitrogens with two attached hydrogens (primary N) is 1. The van der Waals surface area contributed by atoms with E-state index in [4.69, 9.17) is 5.73 Å². The van der Waals surface area contributed by atoms with E-state index in [0.29, 0.717) is 6.54 Å². The lowest BCUT2D eigenvalue weighted by Gasteiger charge is -2.27. The van der Waals surface area contributed by atoms with Gasteiger partial charge in [-0.05, 0) is 19.3 Å². The normalized spacial score (nSPS) is 13.9. The molecule has 0 aliphatic rings. The molecule has 2 amide bonds. The minimum Gasteiger partial charge on any atom is -0.337 e. The van der Waals surface area contributed by atoms with E-state index in [1.165, 1.54) is 0 Å². The van der Waals surface area contributed by atoms with E-state index in [-0.39, 0.29) is 23.5 Å². The third-order valence-electron chi connectivity index (χ3n) is 2.01. The second kappa shape index (κ2) is 5.20. The van der Waals surface area contributed by atoms with Gasteiger partial charge < -0.3 is 16.4 Å². The summed E-state index contributed by atoms with van der Waals surface area (Å²) in [5, 5.41) is 5.49. The zero-order valence-corrected chi connectivity index (χ0v) is 9.85. The van der Waals surface area contributed by atoms with Gasteiger partial charge in [0.1, 0.15) is 0 Å². The van der Waals surface area contributed by atoms with Crippen LogP contribution in [0.2, 0.25) is 0 Å². The number of rotatable bonds is 3.